The summed E-state index contributed by atoms with van der Waals surface area (Å²) in [6, 6.07) is 7.54. The van der Waals surface area contributed by atoms with E-state index in [1.165, 1.54) is 0 Å². The van der Waals surface area contributed by atoms with Gasteiger partial charge >= 0.3 is 0 Å². The van der Waals surface area contributed by atoms with E-state index in [1.54, 1.807) is 6.07 Å². The van der Waals surface area contributed by atoms with Gasteiger partial charge in [-0.15, -0.1) is 4.91 Å². The van der Waals surface area contributed by atoms with Gasteiger partial charge in [0.15, 0.2) is 0 Å². The Morgan fingerprint density at radius 3 is 2.77 bits per heavy atom. The molecule has 1 saturated carbocycles. The van der Waals surface area contributed by atoms with E-state index in [0.29, 0.717) is 40.4 Å². The van der Waals surface area contributed by atoms with Gasteiger partial charge in [-0.25, -0.2) is 4.98 Å². The van der Waals surface area contributed by atoms with Crippen molar-refractivity contribution in [2.24, 2.45) is 5.18 Å². The van der Waals surface area contributed by atoms with Gasteiger partial charge in [0, 0.05) is 25.3 Å². The predicted molar refractivity (Wildman–Crippen MR) is 116 cm³/mol. The Kier molecular flexibility index (Phi) is 5.02. The summed E-state index contributed by atoms with van der Waals surface area (Å²) in [5.74, 6) is 2.26. The van der Waals surface area contributed by atoms with Crippen molar-refractivity contribution in [3.8, 4) is 0 Å². The molecule has 3 heterocycles. The van der Waals surface area contributed by atoms with Gasteiger partial charge in [-0.1, -0.05) is 12.1 Å². The van der Waals surface area contributed by atoms with E-state index in [0.717, 1.165) is 50.0 Å². The van der Waals surface area contributed by atoms with Gasteiger partial charge in [0.05, 0.1) is 28.6 Å². The van der Waals surface area contributed by atoms with Crippen molar-refractivity contribution in [2.45, 2.75) is 48.5 Å². The van der Waals surface area contributed by atoms with Gasteiger partial charge in [-0.05, 0) is 54.5 Å². The molecule has 1 atom stereocenters. The zero-order valence-corrected chi connectivity index (χ0v) is 17.5. The predicted octanol–water partition coefficient (Wildman–Crippen LogP) is 2.86. The van der Waals surface area contributed by atoms with Gasteiger partial charge in [0.2, 0.25) is 5.95 Å². The van der Waals surface area contributed by atoms with Crippen molar-refractivity contribution in [3.05, 3.63) is 40.4 Å². The van der Waals surface area contributed by atoms with Crippen molar-refractivity contribution in [2.75, 3.05) is 35.7 Å². The minimum atomic E-state index is -1.09. The van der Waals surface area contributed by atoms with Crippen LogP contribution in [0.4, 0.5) is 17.5 Å². The van der Waals surface area contributed by atoms with Gasteiger partial charge in [-0.2, -0.15) is 4.98 Å². The van der Waals surface area contributed by atoms with Gasteiger partial charge < -0.3 is 15.3 Å². The Balaban J connectivity index is 1.36. The first-order chi connectivity index (χ1) is 14.6. The molecule has 2 N–H and O–H groups in total. The van der Waals surface area contributed by atoms with Crippen LogP contribution in [0.3, 0.4) is 0 Å². The quantitative estimate of drug-likeness (QED) is 0.683. The lowest BCUT2D eigenvalue weighted by molar-refractivity contribution is 0.265. The highest BCUT2D eigenvalue weighted by Crippen LogP contribution is 2.41. The number of aryl methyl sites for hydroxylation is 1. The van der Waals surface area contributed by atoms with E-state index < -0.39 is 10.8 Å². The minimum Gasteiger partial charge on any atom is -0.394 e. The Morgan fingerprint density at radius 2 is 2.07 bits per heavy atom. The number of anilines is 2. The largest absolute Gasteiger partial charge is 0.394 e. The summed E-state index contributed by atoms with van der Waals surface area (Å²) in [4.78, 5) is 23.2. The average Bonchev–Trinajstić information content (AvgIpc) is 3.47. The second kappa shape index (κ2) is 7.70. The van der Waals surface area contributed by atoms with E-state index in [4.69, 9.17) is 9.97 Å². The van der Waals surface area contributed by atoms with E-state index >= 15 is 0 Å². The Labute approximate surface area is 177 Å². The molecule has 1 unspecified atom stereocenters. The van der Waals surface area contributed by atoms with Crippen LogP contribution in [0.25, 0.3) is 0 Å². The van der Waals surface area contributed by atoms with Crippen molar-refractivity contribution < 1.29 is 9.32 Å². The molecule has 9 heteroatoms. The number of aliphatic hydroxyl groups is 1. The fourth-order valence-corrected chi connectivity index (χ4v) is 5.69. The van der Waals surface area contributed by atoms with Crippen LogP contribution in [-0.4, -0.2) is 50.3 Å². The molecular formula is C21H25N5O3S. The number of hydrogen-bond donors (Lipinski definition) is 2. The van der Waals surface area contributed by atoms with Crippen LogP contribution in [0.2, 0.25) is 0 Å². The molecule has 3 aliphatic rings. The summed E-state index contributed by atoms with van der Waals surface area (Å²) in [6.07, 6.45) is 4.37. The molecule has 30 heavy (non-hydrogen) atoms. The molecule has 5 rings (SSSR count). The maximum atomic E-state index is 12.5. The summed E-state index contributed by atoms with van der Waals surface area (Å²) in [7, 11) is -1.09. The SMILES string of the molecule is O=Nc1cccc(C2CCN(c3nc4c(c(NC5(CO)CC5)n3)S(=O)CC4)CC2)c1. The van der Waals surface area contributed by atoms with Crippen LogP contribution in [0, 0.1) is 4.91 Å². The summed E-state index contributed by atoms with van der Waals surface area (Å²) in [6.45, 7) is 1.68. The number of piperidine rings is 1. The fourth-order valence-electron chi connectivity index (χ4n) is 4.38. The summed E-state index contributed by atoms with van der Waals surface area (Å²) < 4.78 is 12.5. The van der Waals surface area contributed by atoms with Crippen molar-refractivity contribution in [3.63, 3.8) is 0 Å². The number of rotatable bonds is 6. The van der Waals surface area contributed by atoms with Crippen LogP contribution in [0.1, 0.15) is 42.9 Å². The number of aliphatic hydroxyl groups excluding tert-OH is 1. The highest BCUT2D eigenvalue weighted by atomic mass is 32.2. The fraction of sp³-hybridized carbons (Fsp3) is 0.524. The molecule has 8 nitrogen and oxygen atoms in total. The number of nitrogens with zero attached hydrogens (tertiary/aromatic N) is 4. The number of nitrogens with one attached hydrogen (secondary N) is 1. The van der Waals surface area contributed by atoms with Crippen LogP contribution in [-0.2, 0) is 17.2 Å². The summed E-state index contributed by atoms with van der Waals surface area (Å²) in [5.41, 5.74) is 2.16. The third-order valence-corrected chi connectivity index (χ3v) is 7.90. The molecule has 2 aromatic rings. The van der Waals surface area contributed by atoms with Crippen molar-refractivity contribution >= 4 is 28.3 Å². The first-order valence-corrected chi connectivity index (χ1v) is 11.8. The molecule has 0 radical (unpaired) electrons. The zero-order chi connectivity index (χ0) is 20.7. The van der Waals surface area contributed by atoms with E-state index in [-0.39, 0.29) is 12.1 Å². The number of aromatic nitrogens is 2. The van der Waals surface area contributed by atoms with Gasteiger partial charge in [0.1, 0.15) is 16.4 Å². The topological polar surface area (TPSA) is 108 Å². The van der Waals surface area contributed by atoms with Crippen LogP contribution < -0.4 is 10.2 Å². The number of fused-ring (bicyclic) bond motifs is 1. The van der Waals surface area contributed by atoms with Crippen molar-refractivity contribution in [1.29, 1.82) is 0 Å². The molecule has 2 aliphatic heterocycles. The minimum absolute atomic E-state index is 0.0495. The lowest BCUT2D eigenvalue weighted by Gasteiger charge is -2.33. The van der Waals surface area contributed by atoms with Crippen LogP contribution in [0.15, 0.2) is 34.3 Å². The monoisotopic (exact) mass is 427 g/mol. The molecule has 1 saturated heterocycles. The highest BCUT2D eigenvalue weighted by molar-refractivity contribution is 7.85. The molecule has 0 spiro atoms. The summed E-state index contributed by atoms with van der Waals surface area (Å²) in [5, 5.41) is 16.1. The standard InChI is InChI=1S/C21H25N5O3S/c27-13-21(7-8-21)24-19-18-17(6-11-30(18)29)22-20(23-19)26-9-4-14(5-10-26)15-2-1-3-16(12-15)25-28/h1-3,12,14,27H,4-11,13H2,(H,22,23,24). The maximum Gasteiger partial charge on any atom is 0.227 e. The maximum absolute atomic E-state index is 12.5. The number of nitroso groups, excluding NO2 is 1. The lowest BCUT2D eigenvalue weighted by atomic mass is 9.89. The average molecular weight is 428 g/mol. The zero-order valence-electron chi connectivity index (χ0n) is 16.7. The molecule has 158 valence electrons. The second-order valence-corrected chi connectivity index (χ2v) is 9.97. The van der Waals surface area contributed by atoms with Crippen molar-refractivity contribution in [1.82, 2.24) is 9.97 Å². The Hall–Kier alpha value is -2.39. The molecule has 2 fully saturated rings. The molecule has 1 aromatic carbocycles. The lowest BCUT2D eigenvalue weighted by Crippen LogP contribution is -2.35. The van der Waals surface area contributed by atoms with E-state index in [1.807, 2.05) is 12.1 Å². The van der Waals surface area contributed by atoms with E-state index in [2.05, 4.69) is 21.5 Å². The molecule has 1 aliphatic carbocycles. The summed E-state index contributed by atoms with van der Waals surface area (Å²) >= 11 is 0. The molecular weight excluding hydrogens is 402 g/mol. The molecule has 1 aromatic heterocycles. The number of benzene rings is 1. The Morgan fingerprint density at radius 1 is 1.27 bits per heavy atom. The van der Waals surface area contributed by atoms with Crippen LogP contribution in [0.5, 0.6) is 0 Å². The molecule has 0 amide bonds. The smallest absolute Gasteiger partial charge is 0.227 e. The first kappa shape index (κ1) is 19.6. The first-order valence-electron chi connectivity index (χ1n) is 10.5. The number of hydrogen-bond acceptors (Lipinski definition) is 8. The van der Waals surface area contributed by atoms with E-state index in [9.17, 15) is 14.2 Å². The van der Waals surface area contributed by atoms with Gasteiger partial charge in [0.25, 0.3) is 0 Å². The Bertz CT molecular complexity index is 1000. The third-order valence-electron chi connectivity index (χ3n) is 6.44. The van der Waals surface area contributed by atoms with Crippen LogP contribution >= 0.6 is 0 Å². The van der Waals surface area contributed by atoms with Gasteiger partial charge in [-0.3, -0.25) is 4.21 Å². The molecule has 0 bridgehead atoms. The third kappa shape index (κ3) is 3.60. The normalized spacial score (nSPS) is 22.6. The second-order valence-electron chi connectivity index (χ2n) is 8.46. The highest BCUT2D eigenvalue weighted by Gasteiger charge is 2.44.